The van der Waals surface area contributed by atoms with E-state index >= 15 is 0 Å². The van der Waals surface area contributed by atoms with Crippen LogP contribution in [0.15, 0.2) is 54.6 Å². The van der Waals surface area contributed by atoms with Crippen LogP contribution in [-0.4, -0.2) is 11.6 Å². The van der Waals surface area contributed by atoms with Gasteiger partial charge in [0, 0.05) is 23.0 Å². The molecule has 0 saturated carbocycles. The summed E-state index contributed by atoms with van der Waals surface area (Å²) >= 11 is 0. The Labute approximate surface area is 125 Å². The Balaban J connectivity index is 2.52. The van der Waals surface area contributed by atoms with Gasteiger partial charge in [-0.15, -0.1) is 0 Å². The van der Waals surface area contributed by atoms with E-state index < -0.39 is 5.41 Å². The van der Waals surface area contributed by atoms with Crippen LogP contribution in [0.25, 0.3) is 0 Å². The van der Waals surface area contributed by atoms with Gasteiger partial charge in [0.05, 0.1) is 0 Å². The third-order valence-electron chi connectivity index (χ3n) is 3.90. The lowest BCUT2D eigenvalue weighted by Crippen LogP contribution is -2.30. The summed E-state index contributed by atoms with van der Waals surface area (Å²) < 4.78 is 0. The summed E-state index contributed by atoms with van der Waals surface area (Å²) in [5.41, 5.74) is 1.39. The fourth-order valence-corrected chi connectivity index (χ4v) is 2.56. The number of ketones is 2. The molecule has 0 spiro atoms. The summed E-state index contributed by atoms with van der Waals surface area (Å²) in [6, 6.07) is 16.6. The molecule has 0 saturated heterocycles. The lowest BCUT2D eigenvalue weighted by molar-refractivity contribution is -0.123. The summed E-state index contributed by atoms with van der Waals surface area (Å²) in [5.74, 6) is 0.0963. The van der Waals surface area contributed by atoms with Gasteiger partial charge in [-0.2, -0.15) is 0 Å². The van der Waals surface area contributed by atoms with Gasteiger partial charge in [0.2, 0.25) is 0 Å². The maximum absolute atomic E-state index is 12.7. The van der Waals surface area contributed by atoms with Crippen LogP contribution in [0.4, 0.5) is 0 Å². The van der Waals surface area contributed by atoms with Crippen LogP contribution in [-0.2, 0) is 10.2 Å². The number of benzene rings is 2. The molecule has 0 atom stereocenters. The third-order valence-corrected chi connectivity index (χ3v) is 3.90. The number of carbonyl (C=O) groups is 2. The topological polar surface area (TPSA) is 34.1 Å². The van der Waals surface area contributed by atoms with Gasteiger partial charge < -0.3 is 0 Å². The zero-order chi connectivity index (χ0) is 15.5. The molecule has 0 unspecified atom stereocenters. The van der Waals surface area contributed by atoms with E-state index in [1.54, 1.807) is 18.2 Å². The van der Waals surface area contributed by atoms with Gasteiger partial charge in [-0.3, -0.25) is 9.59 Å². The summed E-state index contributed by atoms with van der Waals surface area (Å²) in [4.78, 5) is 24.9. The molecular weight excluding hydrogens is 260 g/mol. The van der Waals surface area contributed by atoms with E-state index in [2.05, 4.69) is 0 Å². The quantitative estimate of drug-likeness (QED) is 0.770. The van der Waals surface area contributed by atoms with Gasteiger partial charge in [-0.25, -0.2) is 0 Å². The highest BCUT2D eigenvalue weighted by atomic mass is 16.1. The molecule has 2 aromatic rings. The first-order valence-electron chi connectivity index (χ1n) is 7.21. The molecule has 0 N–H and O–H groups in total. The van der Waals surface area contributed by atoms with Crippen molar-refractivity contribution in [2.75, 3.05) is 0 Å². The van der Waals surface area contributed by atoms with Crippen molar-refractivity contribution >= 4 is 11.6 Å². The Morgan fingerprint density at radius 1 is 0.905 bits per heavy atom. The van der Waals surface area contributed by atoms with Gasteiger partial charge in [0.25, 0.3) is 0 Å². The fraction of sp³-hybridized carbons (Fsp3) is 0.263. The van der Waals surface area contributed by atoms with Crippen LogP contribution in [0, 0.1) is 0 Å². The smallest absolute Gasteiger partial charge is 0.193 e. The maximum Gasteiger partial charge on any atom is 0.193 e. The van der Waals surface area contributed by atoms with E-state index in [-0.39, 0.29) is 11.6 Å². The van der Waals surface area contributed by atoms with Crippen molar-refractivity contribution in [3.05, 3.63) is 71.3 Å². The van der Waals surface area contributed by atoms with Crippen molar-refractivity contribution in [3.8, 4) is 0 Å². The number of hydrogen-bond acceptors (Lipinski definition) is 2. The number of Topliss-reactive ketones (excluding diaryl/α,β-unsaturated/α-hetero) is 1. The van der Waals surface area contributed by atoms with E-state index in [1.807, 2.05) is 57.2 Å². The van der Waals surface area contributed by atoms with Crippen molar-refractivity contribution in [3.63, 3.8) is 0 Å². The second-order valence-corrected chi connectivity index (χ2v) is 5.64. The molecule has 0 fully saturated rings. The highest BCUT2D eigenvalue weighted by Crippen LogP contribution is 2.30. The first kappa shape index (κ1) is 15.2. The van der Waals surface area contributed by atoms with Crippen molar-refractivity contribution in [1.82, 2.24) is 0 Å². The van der Waals surface area contributed by atoms with Crippen LogP contribution in [0.1, 0.15) is 48.7 Å². The standard InChI is InChI=1S/C19H20O2/c1-4-17(20)19(2,3)16-13-9-8-12-15(16)18(21)14-10-6-5-7-11-14/h5-13H,4H2,1-3H3. The molecule has 0 aromatic heterocycles. The Bertz CT molecular complexity index is 654. The molecule has 2 heteroatoms. The highest BCUT2D eigenvalue weighted by molar-refractivity contribution is 6.11. The molecule has 108 valence electrons. The van der Waals surface area contributed by atoms with E-state index in [0.29, 0.717) is 17.5 Å². The van der Waals surface area contributed by atoms with Gasteiger partial charge in [0.1, 0.15) is 5.78 Å². The summed E-state index contributed by atoms with van der Waals surface area (Å²) in [6.45, 7) is 5.62. The van der Waals surface area contributed by atoms with Crippen molar-refractivity contribution < 1.29 is 9.59 Å². The minimum absolute atomic E-state index is 0.0387. The van der Waals surface area contributed by atoms with Crippen molar-refractivity contribution in [2.24, 2.45) is 0 Å². The summed E-state index contributed by atoms with van der Waals surface area (Å²) in [5, 5.41) is 0. The highest BCUT2D eigenvalue weighted by Gasteiger charge is 2.31. The van der Waals surface area contributed by atoms with Crippen molar-refractivity contribution in [1.29, 1.82) is 0 Å². The van der Waals surface area contributed by atoms with Gasteiger partial charge in [-0.05, 0) is 19.4 Å². The molecule has 0 aliphatic heterocycles. The molecule has 0 aliphatic rings. The first-order valence-corrected chi connectivity index (χ1v) is 7.21. The Hall–Kier alpha value is -2.22. The number of hydrogen-bond donors (Lipinski definition) is 0. The third kappa shape index (κ3) is 2.94. The van der Waals surface area contributed by atoms with Gasteiger partial charge >= 0.3 is 0 Å². The second-order valence-electron chi connectivity index (χ2n) is 5.64. The molecular formula is C19H20O2. The van der Waals surface area contributed by atoms with Crippen LogP contribution in [0.3, 0.4) is 0 Å². The normalized spacial score (nSPS) is 11.2. The molecule has 0 heterocycles. The maximum atomic E-state index is 12.7. The van der Waals surface area contributed by atoms with Crippen LogP contribution >= 0.6 is 0 Å². The van der Waals surface area contributed by atoms with Gasteiger partial charge in [0.15, 0.2) is 5.78 Å². The number of rotatable bonds is 5. The minimum Gasteiger partial charge on any atom is -0.299 e. The second kappa shape index (κ2) is 6.04. The molecule has 0 aliphatic carbocycles. The fourth-order valence-electron chi connectivity index (χ4n) is 2.56. The van der Waals surface area contributed by atoms with E-state index in [1.165, 1.54) is 0 Å². The zero-order valence-electron chi connectivity index (χ0n) is 12.7. The van der Waals surface area contributed by atoms with Crippen LogP contribution < -0.4 is 0 Å². The molecule has 0 bridgehead atoms. The lowest BCUT2D eigenvalue weighted by atomic mass is 9.76. The first-order chi connectivity index (χ1) is 9.98. The summed E-state index contributed by atoms with van der Waals surface area (Å²) in [7, 11) is 0. The Morgan fingerprint density at radius 3 is 2.10 bits per heavy atom. The van der Waals surface area contributed by atoms with Crippen LogP contribution in [0.2, 0.25) is 0 Å². The number of carbonyl (C=O) groups excluding carboxylic acids is 2. The molecule has 0 radical (unpaired) electrons. The predicted octanol–water partition coefficient (Wildman–Crippen LogP) is 4.17. The molecule has 2 nitrogen and oxygen atoms in total. The van der Waals surface area contributed by atoms with E-state index in [9.17, 15) is 9.59 Å². The molecule has 21 heavy (non-hydrogen) atoms. The SMILES string of the molecule is CCC(=O)C(C)(C)c1ccccc1C(=O)c1ccccc1. The van der Waals surface area contributed by atoms with Crippen LogP contribution in [0.5, 0.6) is 0 Å². The largest absolute Gasteiger partial charge is 0.299 e. The lowest BCUT2D eigenvalue weighted by Gasteiger charge is -2.25. The molecule has 2 aromatic carbocycles. The van der Waals surface area contributed by atoms with Gasteiger partial charge in [-0.1, -0.05) is 61.5 Å². The Kier molecular flexibility index (Phi) is 4.37. The summed E-state index contributed by atoms with van der Waals surface area (Å²) in [6.07, 6.45) is 0.459. The predicted molar refractivity (Wildman–Crippen MR) is 84.6 cm³/mol. The Morgan fingerprint density at radius 2 is 1.48 bits per heavy atom. The van der Waals surface area contributed by atoms with E-state index in [4.69, 9.17) is 0 Å². The monoisotopic (exact) mass is 280 g/mol. The molecule has 0 amide bonds. The van der Waals surface area contributed by atoms with E-state index in [0.717, 1.165) is 5.56 Å². The van der Waals surface area contributed by atoms with Crippen molar-refractivity contribution in [2.45, 2.75) is 32.6 Å². The molecule has 2 rings (SSSR count). The minimum atomic E-state index is -0.657. The zero-order valence-corrected chi connectivity index (χ0v) is 12.7. The average Bonchev–Trinajstić information content (AvgIpc) is 2.54. The average molecular weight is 280 g/mol.